The molecule has 2 aromatic heterocycles. The lowest BCUT2D eigenvalue weighted by molar-refractivity contribution is 1.47. The molecular weight excluding hydrogens is 214 g/mol. The van der Waals surface area contributed by atoms with Crippen LogP contribution in [0.25, 0.3) is 23.1 Å². The summed E-state index contributed by atoms with van der Waals surface area (Å²) in [7, 11) is 0. The van der Waals surface area contributed by atoms with E-state index in [-0.39, 0.29) is 0 Å². The van der Waals surface area contributed by atoms with E-state index in [0.717, 1.165) is 0 Å². The molecule has 0 aliphatic carbocycles. The topological polar surface area (TPSA) is 15.8 Å². The first kappa shape index (κ1) is 9.43. The molecule has 1 aromatic carbocycles. The Hall–Kier alpha value is -1.80. The Balaban J connectivity index is 2.01. The SMILES string of the molecule is C(=C\c1c[nH]c2ccccc12)/c1ccsc1. The molecule has 0 fully saturated rings. The van der Waals surface area contributed by atoms with Crippen LogP contribution in [0.3, 0.4) is 0 Å². The Morgan fingerprint density at radius 3 is 2.88 bits per heavy atom. The molecule has 0 radical (unpaired) electrons. The molecule has 1 N–H and O–H groups in total. The van der Waals surface area contributed by atoms with Gasteiger partial charge < -0.3 is 4.98 Å². The quantitative estimate of drug-likeness (QED) is 0.665. The molecule has 1 nitrogen and oxygen atoms in total. The van der Waals surface area contributed by atoms with E-state index in [0.29, 0.717) is 0 Å². The van der Waals surface area contributed by atoms with E-state index in [1.54, 1.807) is 11.3 Å². The number of nitrogens with one attached hydrogen (secondary N) is 1. The van der Waals surface area contributed by atoms with Gasteiger partial charge in [-0.05, 0) is 34.0 Å². The number of H-pyrrole nitrogens is 1. The standard InChI is InChI=1S/C14H11NS/c1-2-4-14-13(3-1)12(9-15-14)6-5-11-7-8-16-10-11/h1-10,15H/b6-5+. The number of hydrogen-bond donors (Lipinski definition) is 1. The highest BCUT2D eigenvalue weighted by Crippen LogP contribution is 2.20. The van der Waals surface area contributed by atoms with Crippen molar-refractivity contribution in [2.24, 2.45) is 0 Å². The first-order valence-electron chi connectivity index (χ1n) is 5.20. The van der Waals surface area contributed by atoms with Crippen molar-refractivity contribution >= 4 is 34.4 Å². The van der Waals surface area contributed by atoms with E-state index in [2.05, 4.69) is 52.2 Å². The smallest absolute Gasteiger partial charge is 0.0460 e. The highest BCUT2D eigenvalue weighted by molar-refractivity contribution is 7.08. The number of aromatic amines is 1. The monoisotopic (exact) mass is 225 g/mol. The first-order chi connectivity index (χ1) is 7.93. The molecule has 0 unspecified atom stereocenters. The Kier molecular flexibility index (Phi) is 2.35. The van der Waals surface area contributed by atoms with Gasteiger partial charge in [0.25, 0.3) is 0 Å². The van der Waals surface area contributed by atoms with Gasteiger partial charge in [0.05, 0.1) is 0 Å². The molecule has 16 heavy (non-hydrogen) atoms. The molecule has 0 aliphatic rings. The van der Waals surface area contributed by atoms with Crippen LogP contribution >= 0.6 is 11.3 Å². The van der Waals surface area contributed by atoms with E-state index < -0.39 is 0 Å². The van der Waals surface area contributed by atoms with Crippen LogP contribution in [0.5, 0.6) is 0 Å². The molecule has 0 bridgehead atoms. The van der Waals surface area contributed by atoms with Gasteiger partial charge in [-0.3, -0.25) is 0 Å². The molecule has 0 atom stereocenters. The number of thiophene rings is 1. The summed E-state index contributed by atoms with van der Waals surface area (Å²) in [6.45, 7) is 0. The maximum Gasteiger partial charge on any atom is 0.0460 e. The lowest BCUT2D eigenvalue weighted by Crippen LogP contribution is -1.67. The fraction of sp³-hybridized carbons (Fsp3) is 0. The highest BCUT2D eigenvalue weighted by Gasteiger charge is 1.98. The van der Waals surface area contributed by atoms with E-state index in [1.165, 1.54) is 22.0 Å². The molecule has 2 heteroatoms. The van der Waals surface area contributed by atoms with Crippen LogP contribution in [0.2, 0.25) is 0 Å². The van der Waals surface area contributed by atoms with Gasteiger partial charge in [0.1, 0.15) is 0 Å². The van der Waals surface area contributed by atoms with Crippen molar-refractivity contribution in [3.63, 3.8) is 0 Å². The van der Waals surface area contributed by atoms with Crippen molar-refractivity contribution in [3.8, 4) is 0 Å². The lowest BCUT2D eigenvalue weighted by atomic mass is 10.1. The second-order valence-corrected chi connectivity index (χ2v) is 4.46. The molecule has 2 heterocycles. The Labute approximate surface area is 98.1 Å². The van der Waals surface area contributed by atoms with Crippen LogP contribution in [-0.4, -0.2) is 4.98 Å². The summed E-state index contributed by atoms with van der Waals surface area (Å²) in [4.78, 5) is 3.27. The van der Waals surface area contributed by atoms with Crippen LogP contribution in [0.15, 0.2) is 47.3 Å². The van der Waals surface area contributed by atoms with Crippen LogP contribution in [-0.2, 0) is 0 Å². The van der Waals surface area contributed by atoms with Gasteiger partial charge in [-0.2, -0.15) is 11.3 Å². The Bertz CT molecular complexity index is 617. The van der Waals surface area contributed by atoms with Gasteiger partial charge in [-0.1, -0.05) is 30.4 Å². The van der Waals surface area contributed by atoms with Gasteiger partial charge >= 0.3 is 0 Å². The van der Waals surface area contributed by atoms with Crippen molar-refractivity contribution in [2.45, 2.75) is 0 Å². The van der Waals surface area contributed by atoms with Crippen LogP contribution < -0.4 is 0 Å². The summed E-state index contributed by atoms with van der Waals surface area (Å²) in [6.07, 6.45) is 6.35. The third kappa shape index (κ3) is 1.68. The summed E-state index contributed by atoms with van der Waals surface area (Å²) in [5.41, 5.74) is 3.68. The van der Waals surface area contributed by atoms with Crippen molar-refractivity contribution in [3.05, 3.63) is 58.4 Å². The molecule has 3 rings (SSSR count). The number of hydrogen-bond acceptors (Lipinski definition) is 1. The molecule has 0 amide bonds. The summed E-state index contributed by atoms with van der Waals surface area (Å²) in [6, 6.07) is 10.5. The zero-order chi connectivity index (χ0) is 10.8. The second-order valence-electron chi connectivity index (χ2n) is 3.68. The van der Waals surface area contributed by atoms with Gasteiger partial charge in [-0.15, -0.1) is 0 Å². The van der Waals surface area contributed by atoms with Gasteiger partial charge in [-0.25, -0.2) is 0 Å². The second kappa shape index (κ2) is 3.99. The van der Waals surface area contributed by atoms with Gasteiger partial charge in [0.2, 0.25) is 0 Å². The minimum atomic E-state index is 1.19. The highest BCUT2D eigenvalue weighted by atomic mass is 32.1. The average Bonchev–Trinajstić information content (AvgIpc) is 2.96. The van der Waals surface area contributed by atoms with Crippen LogP contribution in [0.4, 0.5) is 0 Å². The molecule has 78 valence electrons. The molecule has 0 spiro atoms. The van der Waals surface area contributed by atoms with Crippen molar-refractivity contribution in [2.75, 3.05) is 0 Å². The third-order valence-corrected chi connectivity index (χ3v) is 3.32. The molecule has 3 aromatic rings. The normalized spacial score (nSPS) is 11.5. The van der Waals surface area contributed by atoms with Crippen molar-refractivity contribution in [1.29, 1.82) is 0 Å². The maximum absolute atomic E-state index is 3.27. The third-order valence-electron chi connectivity index (χ3n) is 2.62. The number of para-hydroxylation sites is 1. The van der Waals surface area contributed by atoms with Crippen LogP contribution in [0.1, 0.15) is 11.1 Å². The summed E-state index contributed by atoms with van der Waals surface area (Å²) in [5, 5.41) is 5.51. The fourth-order valence-corrected chi connectivity index (χ4v) is 2.42. The zero-order valence-electron chi connectivity index (χ0n) is 8.68. The Morgan fingerprint density at radius 2 is 2.00 bits per heavy atom. The number of fused-ring (bicyclic) bond motifs is 1. The largest absolute Gasteiger partial charge is 0.361 e. The lowest BCUT2D eigenvalue weighted by Gasteiger charge is -1.90. The molecule has 0 aliphatic heterocycles. The molecule has 0 saturated carbocycles. The van der Waals surface area contributed by atoms with Gasteiger partial charge in [0.15, 0.2) is 0 Å². The van der Waals surface area contributed by atoms with E-state index in [4.69, 9.17) is 0 Å². The summed E-state index contributed by atoms with van der Waals surface area (Å²) < 4.78 is 0. The van der Waals surface area contributed by atoms with Crippen molar-refractivity contribution in [1.82, 2.24) is 4.98 Å². The predicted molar refractivity (Wildman–Crippen MR) is 71.5 cm³/mol. The predicted octanol–water partition coefficient (Wildman–Crippen LogP) is 4.40. The minimum Gasteiger partial charge on any atom is -0.361 e. The molecular formula is C14H11NS. The number of aromatic nitrogens is 1. The minimum absolute atomic E-state index is 1.19. The summed E-state index contributed by atoms with van der Waals surface area (Å²) >= 11 is 1.72. The average molecular weight is 225 g/mol. The maximum atomic E-state index is 3.27. The molecule has 0 saturated heterocycles. The number of benzene rings is 1. The van der Waals surface area contributed by atoms with Crippen molar-refractivity contribution < 1.29 is 0 Å². The van der Waals surface area contributed by atoms with E-state index >= 15 is 0 Å². The Morgan fingerprint density at radius 1 is 1.06 bits per heavy atom. The fourth-order valence-electron chi connectivity index (χ4n) is 1.79. The van der Waals surface area contributed by atoms with E-state index in [1.807, 2.05) is 12.3 Å². The zero-order valence-corrected chi connectivity index (χ0v) is 9.50. The number of rotatable bonds is 2. The van der Waals surface area contributed by atoms with Gasteiger partial charge in [0, 0.05) is 17.1 Å². The first-order valence-corrected chi connectivity index (χ1v) is 6.14. The summed E-state index contributed by atoms with van der Waals surface area (Å²) in [5.74, 6) is 0. The van der Waals surface area contributed by atoms with Crippen LogP contribution in [0, 0.1) is 0 Å². The van der Waals surface area contributed by atoms with E-state index in [9.17, 15) is 0 Å².